The third-order valence-electron chi connectivity index (χ3n) is 2.82. The molecule has 6 nitrogen and oxygen atoms in total. The van der Waals surface area contributed by atoms with Crippen LogP contribution in [0.1, 0.15) is 21.7 Å². The Hall–Kier alpha value is -1.92. The monoisotopic (exact) mass is 280 g/mol. The Kier molecular flexibility index (Phi) is 3.55. The van der Waals surface area contributed by atoms with E-state index in [9.17, 15) is 9.59 Å². The number of amides is 2. The summed E-state index contributed by atoms with van der Waals surface area (Å²) >= 11 is 5.39. The summed E-state index contributed by atoms with van der Waals surface area (Å²) in [5, 5.41) is 0.520. The van der Waals surface area contributed by atoms with Gasteiger partial charge in [0.1, 0.15) is 17.2 Å². The molecule has 0 bridgehead atoms. The predicted octanol–water partition coefficient (Wildman–Crippen LogP) is 1.03. The number of fused-ring (bicyclic) bond motifs is 1. The molecule has 0 aliphatic carbocycles. The summed E-state index contributed by atoms with van der Waals surface area (Å²) in [6.07, 6.45) is 1.70. The number of imidazole rings is 1. The van der Waals surface area contributed by atoms with E-state index >= 15 is 0 Å². The van der Waals surface area contributed by atoms with E-state index in [1.807, 2.05) is 13.0 Å². The van der Waals surface area contributed by atoms with Crippen LogP contribution in [0, 0.1) is 13.8 Å². The summed E-state index contributed by atoms with van der Waals surface area (Å²) < 4.78 is 1.62. The van der Waals surface area contributed by atoms with Crippen molar-refractivity contribution in [2.45, 2.75) is 13.8 Å². The maximum Gasteiger partial charge on any atom is 0.293 e. The van der Waals surface area contributed by atoms with Crippen LogP contribution in [0.2, 0.25) is 0 Å². The number of carbonyl (C=O) groups excluding carboxylic acids is 2. The van der Waals surface area contributed by atoms with Crippen LogP contribution in [0.15, 0.2) is 18.3 Å². The molecule has 0 spiro atoms. The molecule has 2 amide bonds. The third kappa shape index (κ3) is 2.20. The number of rotatable bonds is 2. The number of halogens is 1. The van der Waals surface area contributed by atoms with Crippen LogP contribution in [-0.2, 0) is 4.79 Å². The standard InChI is InChI=1S/C12H13ClN4O2/c1-7-4-3-5-16-10(8(2)15-11(7)16)12(19)17(14)9(18)6-13/h3-5H,6,14H2,1-2H3. The van der Waals surface area contributed by atoms with Crippen LogP contribution in [0.25, 0.3) is 5.65 Å². The lowest BCUT2D eigenvalue weighted by atomic mass is 10.3. The van der Waals surface area contributed by atoms with Crippen LogP contribution >= 0.6 is 11.6 Å². The number of imide groups is 1. The molecule has 100 valence electrons. The molecule has 2 aromatic heterocycles. The van der Waals surface area contributed by atoms with Gasteiger partial charge in [-0.25, -0.2) is 15.8 Å². The molecule has 0 saturated heterocycles. The van der Waals surface area contributed by atoms with Gasteiger partial charge in [0.25, 0.3) is 11.8 Å². The molecule has 0 fully saturated rings. The van der Waals surface area contributed by atoms with Gasteiger partial charge in [-0.1, -0.05) is 6.07 Å². The van der Waals surface area contributed by atoms with Crippen LogP contribution in [0.3, 0.4) is 0 Å². The lowest BCUT2D eigenvalue weighted by molar-refractivity contribution is -0.126. The zero-order valence-corrected chi connectivity index (χ0v) is 11.3. The fraction of sp³-hybridized carbons (Fsp3) is 0.250. The number of hydrogen-bond donors (Lipinski definition) is 1. The topological polar surface area (TPSA) is 80.7 Å². The molecule has 0 saturated carbocycles. The first kappa shape index (κ1) is 13.5. The number of alkyl halides is 1. The van der Waals surface area contributed by atoms with Gasteiger partial charge in [-0.3, -0.25) is 14.0 Å². The van der Waals surface area contributed by atoms with Gasteiger partial charge in [-0.15, -0.1) is 11.6 Å². The normalized spacial score (nSPS) is 10.7. The molecule has 19 heavy (non-hydrogen) atoms. The van der Waals surface area contributed by atoms with Gasteiger partial charge in [0.15, 0.2) is 0 Å². The fourth-order valence-corrected chi connectivity index (χ4v) is 2.00. The second-order valence-electron chi connectivity index (χ2n) is 4.13. The van der Waals surface area contributed by atoms with E-state index in [1.54, 1.807) is 23.6 Å². The summed E-state index contributed by atoms with van der Waals surface area (Å²) in [7, 11) is 0. The lowest BCUT2D eigenvalue weighted by Gasteiger charge is -2.13. The van der Waals surface area contributed by atoms with E-state index in [-0.39, 0.29) is 11.6 Å². The lowest BCUT2D eigenvalue weighted by Crippen LogP contribution is -2.44. The Bertz CT molecular complexity index is 665. The van der Waals surface area contributed by atoms with Gasteiger partial charge in [0, 0.05) is 6.20 Å². The average Bonchev–Trinajstić information content (AvgIpc) is 2.74. The van der Waals surface area contributed by atoms with Crippen LogP contribution in [0.4, 0.5) is 0 Å². The number of nitrogens with two attached hydrogens (primary N) is 1. The van der Waals surface area contributed by atoms with Crippen molar-refractivity contribution in [1.29, 1.82) is 0 Å². The van der Waals surface area contributed by atoms with Gasteiger partial charge in [0.05, 0.1) is 5.69 Å². The van der Waals surface area contributed by atoms with Crippen molar-refractivity contribution in [3.05, 3.63) is 35.3 Å². The molecule has 0 atom stereocenters. The molecule has 2 N–H and O–H groups in total. The summed E-state index contributed by atoms with van der Waals surface area (Å²) in [6.45, 7) is 3.58. The highest BCUT2D eigenvalue weighted by Gasteiger charge is 2.24. The fourth-order valence-electron chi connectivity index (χ4n) is 1.87. The first-order valence-electron chi connectivity index (χ1n) is 5.59. The van der Waals surface area contributed by atoms with E-state index in [2.05, 4.69) is 4.98 Å². The smallest absolute Gasteiger partial charge is 0.293 e. The maximum absolute atomic E-state index is 12.2. The first-order valence-corrected chi connectivity index (χ1v) is 6.13. The molecule has 0 aromatic carbocycles. The minimum Gasteiger partial charge on any atom is -0.295 e. The second kappa shape index (κ2) is 4.99. The molecule has 0 unspecified atom stereocenters. The molecule has 0 aliphatic heterocycles. The summed E-state index contributed by atoms with van der Waals surface area (Å²) in [6, 6.07) is 3.69. The van der Waals surface area contributed by atoms with Crippen molar-refractivity contribution in [2.24, 2.45) is 5.84 Å². The Morgan fingerprint density at radius 1 is 1.47 bits per heavy atom. The minimum absolute atomic E-state index is 0.264. The minimum atomic E-state index is -0.659. The highest BCUT2D eigenvalue weighted by Crippen LogP contribution is 2.16. The zero-order chi connectivity index (χ0) is 14.2. The molecular formula is C12H13ClN4O2. The molecule has 0 radical (unpaired) electrons. The number of aromatic nitrogens is 2. The molecule has 0 aliphatic rings. The Balaban J connectivity index is 2.57. The van der Waals surface area contributed by atoms with Gasteiger partial charge in [-0.2, -0.15) is 0 Å². The van der Waals surface area contributed by atoms with Gasteiger partial charge in [0.2, 0.25) is 0 Å². The number of carbonyl (C=O) groups is 2. The molecular weight excluding hydrogens is 268 g/mol. The van der Waals surface area contributed by atoms with Crippen molar-refractivity contribution >= 4 is 29.1 Å². The van der Waals surface area contributed by atoms with E-state index in [1.165, 1.54) is 0 Å². The SMILES string of the molecule is Cc1nc2c(C)cccn2c1C(=O)N(N)C(=O)CCl. The van der Waals surface area contributed by atoms with Crippen LogP contribution < -0.4 is 5.84 Å². The van der Waals surface area contributed by atoms with Crippen molar-refractivity contribution in [1.82, 2.24) is 14.4 Å². The van der Waals surface area contributed by atoms with E-state index in [4.69, 9.17) is 17.4 Å². The maximum atomic E-state index is 12.2. The third-order valence-corrected chi connectivity index (χ3v) is 3.05. The molecule has 2 aromatic rings. The molecule has 7 heteroatoms. The van der Waals surface area contributed by atoms with Crippen LogP contribution in [0.5, 0.6) is 0 Å². The van der Waals surface area contributed by atoms with E-state index < -0.39 is 11.8 Å². The largest absolute Gasteiger partial charge is 0.295 e. The van der Waals surface area contributed by atoms with Crippen molar-refractivity contribution < 1.29 is 9.59 Å². The number of hydrazine groups is 1. The average molecular weight is 281 g/mol. The van der Waals surface area contributed by atoms with E-state index in [0.717, 1.165) is 5.56 Å². The summed E-state index contributed by atoms with van der Waals surface area (Å²) in [4.78, 5) is 27.9. The Morgan fingerprint density at radius 3 is 2.79 bits per heavy atom. The second-order valence-corrected chi connectivity index (χ2v) is 4.40. The zero-order valence-electron chi connectivity index (χ0n) is 10.6. The van der Waals surface area contributed by atoms with Crippen LogP contribution in [-0.4, -0.2) is 32.1 Å². The summed E-state index contributed by atoms with van der Waals surface area (Å²) in [5.74, 6) is 3.84. The van der Waals surface area contributed by atoms with Crippen molar-refractivity contribution in [3.63, 3.8) is 0 Å². The Labute approximate surface area is 114 Å². The molecule has 2 heterocycles. The van der Waals surface area contributed by atoms with Crippen molar-refractivity contribution in [2.75, 3.05) is 5.88 Å². The first-order chi connectivity index (χ1) is 8.97. The number of hydrogen-bond acceptors (Lipinski definition) is 4. The number of pyridine rings is 1. The number of nitrogens with zero attached hydrogens (tertiary/aromatic N) is 3. The molecule has 2 rings (SSSR count). The quantitative estimate of drug-likeness (QED) is 0.386. The van der Waals surface area contributed by atoms with Gasteiger partial charge < -0.3 is 0 Å². The highest BCUT2D eigenvalue weighted by atomic mass is 35.5. The summed E-state index contributed by atoms with van der Waals surface area (Å²) in [5.41, 5.74) is 2.36. The number of aryl methyl sites for hydroxylation is 2. The predicted molar refractivity (Wildman–Crippen MR) is 70.7 cm³/mol. The van der Waals surface area contributed by atoms with Crippen molar-refractivity contribution in [3.8, 4) is 0 Å². The highest BCUT2D eigenvalue weighted by molar-refractivity contribution is 6.28. The van der Waals surface area contributed by atoms with E-state index in [0.29, 0.717) is 16.4 Å². The van der Waals surface area contributed by atoms with Gasteiger partial charge in [-0.05, 0) is 25.5 Å². The van der Waals surface area contributed by atoms with Gasteiger partial charge >= 0.3 is 0 Å². The Morgan fingerprint density at radius 2 is 2.16 bits per heavy atom.